The van der Waals surface area contributed by atoms with Crippen molar-refractivity contribution in [2.45, 2.75) is 25.2 Å². The number of fused-ring (bicyclic) bond motifs is 1. The van der Waals surface area contributed by atoms with Gasteiger partial charge in [0.1, 0.15) is 6.10 Å². The normalized spacial score (nSPS) is 16.0. The van der Waals surface area contributed by atoms with Crippen molar-refractivity contribution >= 4 is 17.4 Å². The van der Waals surface area contributed by atoms with Crippen LogP contribution in [0.3, 0.4) is 0 Å². The second kappa shape index (κ2) is 8.93. The fraction of sp³-hybridized carbons (Fsp3) is 0.273. The average Bonchev–Trinajstić information content (AvgIpc) is 2.74. The maximum Gasteiger partial charge on any atom is 0.416 e. The van der Waals surface area contributed by atoms with Gasteiger partial charge in [-0.15, -0.1) is 0 Å². The van der Waals surface area contributed by atoms with Crippen LogP contribution >= 0.6 is 11.6 Å². The maximum atomic E-state index is 13.2. The summed E-state index contributed by atoms with van der Waals surface area (Å²) >= 11 is 5.87. The SMILES string of the molecule is Nc1ncc(-c2cnc3c(c2)CNCC3O)cc1OCCc1cc(Cl)ccc1C(F)(F)F. The predicted octanol–water partition coefficient (Wildman–Crippen LogP) is 4.16. The molecule has 0 radical (unpaired) electrons. The van der Waals surface area contributed by atoms with Gasteiger partial charge in [0, 0.05) is 48.1 Å². The summed E-state index contributed by atoms with van der Waals surface area (Å²) in [5.41, 5.74) is 8.14. The Labute approximate surface area is 187 Å². The molecule has 1 aliphatic heterocycles. The smallest absolute Gasteiger partial charge is 0.416 e. The number of ether oxygens (including phenoxy) is 1. The lowest BCUT2D eigenvalue weighted by atomic mass is 10.0. The van der Waals surface area contributed by atoms with Crippen molar-refractivity contribution in [2.24, 2.45) is 0 Å². The molecule has 168 valence electrons. The van der Waals surface area contributed by atoms with E-state index in [1.807, 2.05) is 6.07 Å². The standard InChI is InChI=1S/C22H20ClF3N4O2/c23-16-1-2-17(22(24,25)26)12(6-16)3-4-32-19-7-14(10-30-21(19)27)13-5-15-8-28-11-18(31)20(15)29-9-13/h1-2,5-7,9-10,18,28,31H,3-4,8,11H2,(H2,27,30). The van der Waals surface area contributed by atoms with E-state index < -0.39 is 17.8 Å². The van der Waals surface area contributed by atoms with Gasteiger partial charge >= 0.3 is 6.18 Å². The maximum absolute atomic E-state index is 13.2. The molecule has 1 aromatic carbocycles. The Kier molecular flexibility index (Phi) is 6.23. The number of rotatable bonds is 5. The molecule has 1 unspecified atom stereocenters. The quantitative estimate of drug-likeness (QED) is 0.525. The number of aliphatic hydroxyl groups excluding tert-OH is 1. The lowest BCUT2D eigenvalue weighted by Gasteiger charge is -2.21. The molecule has 0 aliphatic carbocycles. The van der Waals surface area contributed by atoms with Crippen molar-refractivity contribution in [3.8, 4) is 16.9 Å². The van der Waals surface area contributed by atoms with Crippen LogP contribution in [0.2, 0.25) is 5.02 Å². The molecular formula is C22H20ClF3N4O2. The van der Waals surface area contributed by atoms with Gasteiger partial charge in [0.15, 0.2) is 11.6 Å². The minimum absolute atomic E-state index is 0.0109. The number of pyridine rings is 2. The highest BCUT2D eigenvalue weighted by molar-refractivity contribution is 6.30. The Bertz CT molecular complexity index is 1140. The molecule has 0 fully saturated rings. The molecule has 1 atom stereocenters. The van der Waals surface area contributed by atoms with Gasteiger partial charge in [-0.3, -0.25) is 4.98 Å². The molecule has 1 aliphatic rings. The summed E-state index contributed by atoms with van der Waals surface area (Å²) in [6.45, 7) is 0.987. The summed E-state index contributed by atoms with van der Waals surface area (Å²) in [7, 11) is 0. The van der Waals surface area contributed by atoms with Crippen LogP contribution in [0.25, 0.3) is 11.1 Å². The molecule has 4 N–H and O–H groups in total. The number of benzene rings is 1. The van der Waals surface area contributed by atoms with Crippen molar-refractivity contribution in [1.82, 2.24) is 15.3 Å². The van der Waals surface area contributed by atoms with Crippen molar-refractivity contribution in [3.05, 3.63) is 70.1 Å². The summed E-state index contributed by atoms with van der Waals surface area (Å²) in [6, 6.07) is 7.02. The van der Waals surface area contributed by atoms with Gasteiger partial charge < -0.3 is 20.9 Å². The number of aromatic nitrogens is 2. The lowest BCUT2D eigenvalue weighted by molar-refractivity contribution is -0.138. The van der Waals surface area contributed by atoms with Crippen LogP contribution in [0, 0.1) is 0 Å². The monoisotopic (exact) mass is 464 g/mol. The molecular weight excluding hydrogens is 445 g/mol. The van der Waals surface area contributed by atoms with E-state index in [1.54, 1.807) is 18.5 Å². The first-order valence-electron chi connectivity index (χ1n) is 9.84. The fourth-order valence-electron chi connectivity index (χ4n) is 3.61. The molecule has 0 amide bonds. The Morgan fingerprint density at radius 3 is 2.69 bits per heavy atom. The number of halogens is 4. The van der Waals surface area contributed by atoms with Crippen LogP contribution in [-0.2, 0) is 19.1 Å². The Hall–Kier alpha value is -2.88. The van der Waals surface area contributed by atoms with E-state index in [4.69, 9.17) is 22.1 Å². The van der Waals surface area contributed by atoms with Crippen LogP contribution in [0.4, 0.5) is 19.0 Å². The Balaban J connectivity index is 1.52. The molecule has 32 heavy (non-hydrogen) atoms. The third-order valence-electron chi connectivity index (χ3n) is 5.19. The number of aliphatic hydroxyl groups is 1. The van der Waals surface area contributed by atoms with Crippen LogP contribution in [0.15, 0.2) is 42.7 Å². The summed E-state index contributed by atoms with van der Waals surface area (Å²) < 4.78 is 45.4. The van der Waals surface area contributed by atoms with Gasteiger partial charge in [-0.1, -0.05) is 11.6 Å². The van der Waals surface area contributed by atoms with E-state index in [2.05, 4.69) is 15.3 Å². The van der Waals surface area contributed by atoms with Crippen LogP contribution in [0.1, 0.15) is 28.5 Å². The molecule has 6 nitrogen and oxygen atoms in total. The zero-order chi connectivity index (χ0) is 22.9. The van der Waals surface area contributed by atoms with Crippen LogP contribution in [0.5, 0.6) is 5.75 Å². The summed E-state index contributed by atoms with van der Waals surface area (Å²) in [6.07, 6.45) is -1.96. The number of hydrogen-bond donors (Lipinski definition) is 3. The Morgan fingerprint density at radius 2 is 1.91 bits per heavy atom. The van der Waals surface area contributed by atoms with Crippen LogP contribution < -0.4 is 15.8 Å². The minimum Gasteiger partial charge on any atom is -0.489 e. The number of anilines is 1. The summed E-state index contributed by atoms with van der Waals surface area (Å²) in [5, 5.41) is 13.4. The average molecular weight is 465 g/mol. The highest BCUT2D eigenvalue weighted by Crippen LogP contribution is 2.34. The van der Waals surface area contributed by atoms with E-state index in [9.17, 15) is 18.3 Å². The van der Waals surface area contributed by atoms with Crippen LogP contribution in [-0.4, -0.2) is 28.2 Å². The first-order valence-corrected chi connectivity index (χ1v) is 10.2. The van der Waals surface area contributed by atoms with Gasteiger partial charge in [-0.25, -0.2) is 4.98 Å². The van der Waals surface area contributed by atoms with Gasteiger partial charge in [-0.2, -0.15) is 13.2 Å². The second-order valence-corrected chi connectivity index (χ2v) is 7.86. The van der Waals surface area contributed by atoms with Gasteiger partial charge in [0.05, 0.1) is 17.9 Å². The number of hydrogen-bond acceptors (Lipinski definition) is 6. The largest absolute Gasteiger partial charge is 0.489 e. The molecule has 0 bridgehead atoms. The number of β-amino-alcohol motifs (C(OH)–C–C–N with tert-alkyl or cyclic N) is 1. The molecule has 10 heteroatoms. The first-order chi connectivity index (χ1) is 15.2. The molecule has 2 aromatic heterocycles. The fourth-order valence-corrected chi connectivity index (χ4v) is 3.80. The third kappa shape index (κ3) is 4.79. The number of nitrogens with zero attached hydrogens (tertiary/aromatic N) is 2. The van der Waals surface area contributed by atoms with Gasteiger partial charge in [-0.05, 0) is 41.5 Å². The van der Waals surface area contributed by atoms with E-state index in [1.165, 1.54) is 12.1 Å². The zero-order valence-corrected chi connectivity index (χ0v) is 17.5. The Morgan fingerprint density at radius 1 is 1.16 bits per heavy atom. The van der Waals surface area contributed by atoms with E-state index in [0.29, 0.717) is 24.3 Å². The molecule has 0 saturated heterocycles. The van der Waals surface area contributed by atoms with E-state index >= 15 is 0 Å². The zero-order valence-electron chi connectivity index (χ0n) is 16.8. The number of nitrogens with one attached hydrogen (secondary N) is 1. The van der Waals surface area contributed by atoms with Gasteiger partial charge in [0.2, 0.25) is 0 Å². The summed E-state index contributed by atoms with van der Waals surface area (Å²) in [4.78, 5) is 8.50. The van der Waals surface area contributed by atoms with Crippen molar-refractivity contribution in [2.75, 3.05) is 18.9 Å². The number of nitrogens with two attached hydrogens (primary N) is 1. The highest BCUT2D eigenvalue weighted by atomic mass is 35.5. The molecule has 0 spiro atoms. The topological polar surface area (TPSA) is 93.3 Å². The molecule has 3 heterocycles. The lowest BCUT2D eigenvalue weighted by Crippen LogP contribution is -2.28. The number of alkyl halides is 3. The first kappa shape index (κ1) is 22.3. The second-order valence-electron chi connectivity index (χ2n) is 7.42. The van der Waals surface area contributed by atoms with Gasteiger partial charge in [0.25, 0.3) is 0 Å². The van der Waals surface area contributed by atoms with E-state index in [-0.39, 0.29) is 35.2 Å². The summed E-state index contributed by atoms with van der Waals surface area (Å²) in [5.74, 6) is 0.382. The van der Waals surface area contributed by atoms with E-state index in [0.717, 1.165) is 17.2 Å². The molecule has 3 aromatic rings. The highest BCUT2D eigenvalue weighted by Gasteiger charge is 2.33. The van der Waals surface area contributed by atoms with Crippen molar-refractivity contribution < 1.29 is 23.0 Å². The molecule has 0 saturated carbocycles. The van der Waals surface area contributed by atoms with Crippen molar-refractivity contribution in [3.63, 3.8) is 0 Å². The van der Waals surface area contributed by atoms with Crippen molar-refractivity contribution in [1.29, 1.82) is 0 Å². The third-order valence-corrected chi connectivity index (χ3v) is 5.42. The molecule has 4 rings (SSSR count). The predicted molar refractivity (Wildman–Crippen MR) is 114 cm³/mol. The number of nitrogen functional groups attached to an aromatic ring is 1. The minimum atomic E-state index is -4.48.